The molecule has 0 aliphatic heterocycles. The second-order valence-corrected chi connectivity index (χ2v) is 5.48. The number of hydrogen-bond acceptors (Lipinski definition) is 6. The van der Waals surface area contributed by atoms with Crippen LogP contribution in [-0.2, 0) is 18.9 Å². The molecule has 1 aromatic carbocycles. The van der Waals surface area contributed by atoms with Crippen molar-refractivity contribution in [1.29, 1.82) is 0 Å². The van der Waals surface area contributed by atoms with Gasteiger partial charge in [-0.05, 0) is 30.7 Å². The van der Waals surface area contributed by atoms with Gasteiger partial charge in [-0.3, -0.25) is 0 Å². The van der Waals surface area contributed by atoms with Crippen LogP contribution in [-0.4, -0.2) is 58.8 Å². The van der Waals surface area contributed by atoms with Crippen LogP contribution in [0.5, 0.6) is 0 Å². The third kappa shape index (κ3) is 10.7. The van der Waals surface area contributed by atoms with Crippen LogP contribution in [0.1, 0.15) is 30.1 Å². The quantitative estimate of drug-likeness (QED) is 0.294. The predicted octanol–water partition coefficient (Wildman–Crippen LogP) is 2.74. The van der Waals surface area contributed by atoms with Crippen molar-refractivity contribution in [3.63, 3.8) is 0 Å². The number of carbonyl (C=O) groups excluding carboxylic acids is 1. The van der Waals surface area contributed by atoms with Crippen LogP contribution in [0.3, 0.4) is 0 Å². The number of anilines is 1. The Balaban J connectivity index is 2.03. The van der Waals surface area contributed by atoms with Gasteiger partial charge in [0.1, 0.15) is 13.2 Å². The van der Waals surface area contributed by atoms with Crippen molar-refractivity contribution in [1.82, 2.24) is 0 Å². The van der Waals surface area contributed by atoms with E-state index in [1.807, 2.05) is 12.1 Å². The molecule has 0 spiro atoms. The van der Waals surface area contributed by atoms with E-state index in [1.54, 1.807) is 12.1 Å². The van der Waals surface area contributed by atoms with Gasteiger partial charge in [0.2, 0.25) is 0 Å². The maximum Gasteiger partial charge on any atom is 0.338 e. The van der Waals surface area contributed by atoms with Crippen LogP contribution in [0.4, 0.5) is 5.69 Å². The first-order valence-electron chi connectivity index (χ1n) is 8.95. The molecule has 0 aromatic heterocycles. The molecule has 1 aromatic rings. The number of carbonyl (C=O) groups is 1. The Morgan fingerprint density at radius 3 is 2.23 bits per heavy atom. The molecule has 144 valence electrons. The van der Waals surface area contributed by atoms with Crippen LogP contribution in [0, 0.1) is 12.3 Å². The summed E-state index contributed by atoms with van der Waals surface area (Å²) in [5.74, 6) is 2.03. The maximum atomic E-state index is 11.9. The average Bonchev–Trinajstić information content (AvgIpc) is 2.66. The van der Waals surface area contributed by atoms with Gasteiger partial charge in [-0.1, -0.05) is 19.3 Å². The first-order valence-corrected chi connectivity index (χ1v) is 8.95. The number of rotatable bonds is 15. The van der Waals surface area contributed by atoms with E-state index in [2.05, 4.69) is 18.2 Å². The Morgan fingerprint density at radius 2 is 1.62 bits per heavy atom. The van der Waals surface area contributed by atoms with Crippen molar-refractivity contribution < 1.29 is 23.7 Å². The minimum atomic E-state index is -0.351. The van der Waals surface area contributed by atoms with Gasteiger partial charge < -0.3 is 24.3 Å². The summed E-state index contributed by atoms with van der Waals surface area (Å²) in [5, 5.41) is 3.30. The highest BCUT2D eigenvalue weighted by molar-refractivity contribution is 5.89. The lowest BCUT2D eigenvalue weighted by atomic mass is 10.2. The van der Waals surface area contributed by atoms with Crippen LogP contribution in [0.15, 0.2) is 24.3 Å². The van der Waals surface area contributed by atoms with Gasteiger partial charge in [0.25, 0.3) is 0 Å². The minimum absolute atomic E-state index is 0.209. The van der Waals surface area contributed by atoms with Gasteiger partial charge in [-0.15, -0.1) is 6.42 Å². The topological polar surface area (TPSA) is 66.0 Å². The smallest absolute Gasteiger partial charge is 0.338 e. The zero-order chi connectivity index (χ0) is 18.9. The van der Waals surface area contributed by atoms with Gasteiger partial charge in [0, 0.05) is 12.2 Å². The summed E-state index contributed by atoms with van der Waals surface area (Å²) >= 11 is 0. The van der Waals surface area contributed by atoms with Crippen LogP contribution in [0.2, 0.25) is 0 Å². The van der Waals surface area contributed by atoms with E-state index in [1.165, 1.54) is 0 Å². The van der Waals surface area contributed by atoms with Crippen LogP contribution < -0.4 is 5.32 Å². The number of nitrogens with one attached hydrogen (secondary N) is 1. The molecular formula is C20H29NO5. The number of ether oxygens (including phenoxy) is 4. The number of unbranched alkanes of at least 4 members (excludes halogenated alkanes) is 1. The number of esters is 1. The Bertz CT molecular complexity index is 524. The highest BCUT2D eigenvalue weighted by atomic mass is 16.6. The van der Waals surface area contributed by atoms with E-state index < -0.39 is 0 Å². The largest absolute Gasteiger partial charge is 0.460 e. The summed E-state index contributed by atoms with van der Waals surface area (Å²) in [5.41, 5.74) is 1.53. The molecule has 0 saturated carbocycles. The van der Waals surface area contributed by atoms with Crippen molar-refractivity contribution in [2.45, 2.75) is 19.8 Å². The van der Waals surface area contributed by atoms with E-state index in [0.29, 0.717) is 45.2 Å². The lowest BCUT2D eigenvalue weighted by molar-refractivity contribution is 0.00351. The zero-order valence-electron chi connectivity index (χ0n) is 15.5. The van der Waals surface area contributed by atoms with Crippen molar-refractivity contribution in [3.05, 3.63) is 29.8 Å². The molecule has 0 radical (unpaired) electrons. The molecule has 0 aliphatic carbocycles. The molecule has 0 amide bonds. The van der Waals surface area contributed by atoms with Gasteiger partial charge in [0.05, 0.1) is 38.6 Å². The van der Waals surface area contributed by atoms with Crippen molar-refractivity contribution in [2.75, 3.05) is 58.1 Å². The molecule has 0 heterocycles. The van der Waals surface area contributed by atoms with E-state index in [0.717, 1.165) is 25.1 Å². The van der Waals surface area contributed by atoms with E-state index in [9.17, 15) is 4.79 Å². The Hall–Kier alpha value is -2.07. The summed E-state index contributed by atoms with van der Waals surface area (Å²) < 4.78 is 20.9. The number of terminal acetylenes is 1. The SMILES string of the molecule is C#CCOCCOCCOCCOC(=O)c1ccc(NCCCC)cc1. The highest BCUT2D eigenvalue weighted by Gasteiger charge is 2.06. The second-order valence-electron chi connectivity index (χ2n) is 5.48. The molecule has 1 N–H and O–H groups in total. The van der Waals surface area contributed by atoms with Gasteiger partial charge >= 0.3 is 5.97 Å². The van der Waals surface area contributed by atoms with Gasteiger partial charge in [0.15, 0.2) is 0 Å². The van der Waals surface area contributed by atoms with Crippen molar-refractivity contribution in [3.8, 4) is 12.3 Å². The fraction of sp³-hybridized carbons (Fsp3) is 0.550. The van der Waals surface area contributed by atoms with Crippen LogP contribution >= 0.6 is 0 Å². The second kappa shape index (κ2) is 15.2. The lowest BCUT2D eigenvalue weighted by Gasteiger charge is -2.08. The summed E-state index contributed by atoms with van der Waals surface area (Å²) in [6.45, 7) is 5.75. The molecule has 0 aliphatic rings. The Labute approximate surface area is 156 Å². The zero-order valence-corrected chi connectivity index (χ0v) is 15.5. The molecule has 0 atom stereocenters. The molecule has 0 saturated heterocycles. The molecule has 6 heteroatoms. The fourth-order valence-corrected chi connectivity index (χ4v) is 1.98. The molecule has 1 rings (SSSR count). The number of hydrogen-bond donors (Lipinski definition) is 1. The molecule has 0 unspecified atom stereocenters. The molecular weight excluding hydrogens is 334 g/mol. The number of benzene rings is 1. The Morgan fingerprint density at radius 1 is 1.00 bits per heavy atom. The maximum absolute atomic E-state index is 11.9. The minimum Gasteiger partial charge on any atom is -0.460 e. The predicted molar refractivity (Wildman–Crippen MR) is 101 cm³/mol. The first-order chi connectivity index (χ1) is 12.8. The summed E-state index contributed by atoms with van der Waals surface area (Å²) in [6.07, 6.45) is 7.32. The Kier molecular flexibility index (Phi) is 12.8. The fourth-order valence-electron chi connectivity index (χ4n) is 1.98. The summed E-state index contributed by atoms with van der Waals surface area (Å²) in [6, 6.07) is 7.28. The molecule has 0 fully saturated rings. The van der Waals surface area contributed by atoms with E-state index in [4.69, 9.17) is 25.4 Å². The third-order valence-corrected chi connectivity index (χ3v) is 3.37. The van der Waals surface area contributed by atoms with E-state index >= 15 is 0 Å². The third-order valence-electron chi connectivity index (χ3n) is 3.37. The molecule has 6 nitrogen and oxygen atoms in total. The molecule has 0 bridgehead atoms. The van der Waals surface area contributed by atoms with Crippen molar-refractivity contribution >= 4 is 11.7 Å². The standard InChI is InChI=1S/C20H29NO5/c1-3-5-10-21-19-8-6-18(7-9-19)20(22)26-17-16-25-15-14-24-13-12-23-11-4-2/h2,6-9,21H,3,5,10-17H2,1H3. The van der Waals surface area contributed by atoms with E-state index in [-0.39, 0.29) is 12.6 Å². The highest BCUT2D eigenvalue weighted by Crippen LogP contribution is 2.10. The monoisotopic (exact) mass is 363 g/mol. The van der Waals surface area contributed by atoms with Crippen LogP contribution in [0.25, 0.3) is 0 Å². The van der Waals surface area contributed by atoms with Gasteiger partial charge in [-0.25, -0.2) is 4.79 Å². The van der Waals surface area contributed by atoms with Crippen molar-refractivity contribution in [2.24, 2.45) is 0 Å². The normalized spacial score (nSPS) is 10.3. The first kappa shape index (κ1) is 22.0. The summed E-state index contributed by atoms with van der Waals surface area (Å²) in [7, 11) is 0. The average molecular weight is 363 g/mol. The summed E-state index contributed by atoms with van der Waals surface area (Å²) in [4.78, 5) is 11.9. The van der Waals surface area contributed by atoms with Gasteiger partial charge in [-0.2, -0.15) is 0 Å². The lowest BCUT2D eigenvalue weighted by Crippen LogP contribution is -2.14. The molecule has 26 heavy (non-hydrogen) atoms.